The van der Waals surface area contributed by atoms with Gasteiger partial charge >= 0.3 is 0 Å². The Morgan fingerprint density at radius 1 is 1.36 bits per heavy atom. The van der Waals surface area contributed by atoms with Crippen molar-refractivity contribution in [2.75, 3.05) is 7.11 Å². The van der Waals surface area contributed by atoms with Gasteiger partial charge < -0.3 is 9.47 Å². The zero-order valence-corrected chi connectivity index (χ0v) is 9.61. The molecule has 1 aromatic rings. The predicted molar refractivity (Wildman–Crippen MR) is 56.0 cm³/mol. The van der Waals surface area contributed by atoms with Crippen LogP contribution in [0, 0.1) is 0 Å². The van der Waals surface area contributed by atoms with Crippen molar-refractivity contribution in [1.29, 1.82) is 0 Å². The molecule has 0 radical (unpaired) electrons. The van der Waals surface area contributed by atoms with Crippen molar-refractivity contribution in [3.05, 3.63) is 23.5 Å². The molecule has 0 saturated heterocycles. The summed E-state index contributed by atoms with van der Waals surface area (Å²) in [6, 6.07) is 3.63. The maximum Gasteiger partial charge on any atom is 0.297 e. The second kappa shape index (κ2) is 4.90. The molecule has 0 spiro atoms. The zero-order chi connectivity index (χ0) is 10.6. The summed E-state index contributed by atoms with van der Waals surface area (Å²) in [5.74, 6) is 0.774. The van der Waals surface area contributed by atoms with Crippen LogP contribution >= 0.6 is 0 Å². The van der Waals surface area contributed by atoms with Gasteiger partial charge in [0.1, 0.15) is 5.75 Å². The highest BCUT2D eigenvalue weighted by molar-refractivity contribution is 6.81. The van der Waals surface area contributed by atoms with Crippen molar-refractivity contribution in [1.82, 2.24) is 0 Å². The maximum atomic E-state index is 11.5. The average molecular weight is 210 g/mol. The van der Waals surface area contributed by atoms with Gasteiger partial charge in [0.15, 0.2) is 8.40 Å². The Hall–Kier alpha value is -1.16. The van der Waals surface area contributed by atoms with Crippen LogP contribution in [0.2, 0.25) is 0 Å². The normalized spacial score (nSPS) is 10.0. The predicted octanol–water partition coefficient (Wildman–Crippen LogP) is 2.11. The number of carbonyl (C=O) groups excluding carboxylic acids is 1. The summed E-state index contributed by atoms with van der Waals surface area (Å²) >= 11 is 0. The standard InChI is InChI=1S/C10H14O3Si/c1-8(2)13-10(11)14-6-4-9(12-3)5-7-14/h4-8H,1-3H3. The third-order valence-electron chi connectivity index (χ3n) is 1.67. The van der Waals surface area contributed by atoms with Crippen LogP contribution in [-0.4, -0.2) is 27.2 Å². The van der Waals surface area contributed by atoms with Crippen LogP contribution < -0.4 is 4.74 Å². The first kappa shape index (κ1) is 10.9. The van der Waals surface area contributed by atoms with Crippen LogP contribution in [-0.2, 0) is 4.74 Å². The fourth-order valence-electron chi connectivity index (χ4n) is 1.01. The van der Waals surface area contributed by atoms with Crippen LogP contribution in [0.1, 0.15) is 13.8 Å². The molecule has 0 unspecified atom stereocenters. The molecule has 0 aromatic carbocycles. The van der Waals surface area contributed by atoms with Crippen LogP contribution in [0.5, 0.6) is 5.75 Å². The molecule has 0 bridgehead atoms. The smallest absolute Gasteiger partial charge is 0.297 e. The van der Waals surface area contributed by atoms with Crippen LogP contribution in [0.25, 0.3) is 0 Å². The first-order chi connectivity index (χ1) is 6.63. The summed E-state index contributed by atoms with van der Waals surface area (Å²) in [6.07, 6.45) is -0.0467. The molecular formula is C10H14O3Si. The summed E-state index contributed by atoms with van der Waals surface area (Å²) < 4.78 is 10.1. The molecule has 14 heavy (non-hydrogen) atoms. The van der Waals surface area contributed by atoms with E-state index >= 15 is 0 Å². The molecule has 4 heteroatoms. The van der Waals surface area contributed by atoms with Crippen molar-refractivity contribution in [2.45, 2.75) is 20.0 Å². The molecule has 0 amide bonds. The fraction of sp³-hybridized carbons (Fsp3) is 0.400. The number of ether oxygens (including phenoxy) is 2. The lowest BCUT2D eigenvalue weighted by Crippen LogP contribution is -2.18. The Morgan fingerprint density at radius 3 is 2.36 bits per heavy atom. The highest BCUT2D eigenvalue weighted by atomic mass is 28.2. The molecule has 0 atom stereocenters. The Kier molecular flexibility index (Phi) is 3.82. The topological polar surface area (TPSA) is 35.5 Å². The summed E-state index contributed by atoms with van der Waals surface area (Å²) in [7, 11) is 0.319. The number of hydrogen-bond acceptors (Lipinski definition) is 3. The van der Waals surface area contributed by atoms with E-state index in [0.717, 1.165) is 5.75 Å². The first-order valence-corrected chi connectivity index (χ1v) is 6.14. The van der Waals surface area contributed by atoms with Gasteiger partial charge in [-0.2, -0.15) is 0 Å². The maximum absolute atomic E-state index is 11.5. The van der Waals surface area contributed by atoms with Crippen molar-refractivity contribution in [3.8, 4) is 5.75 Å². The van der Waals surface area contributed by atoms with Crippen molar-refractivity contribution < 1.29 is 14.3 Å². The Morgan fingerprint density at radius 2 is 1.93 bits per heavy atom. The summed E-state index contributed by atoms with van der Waals surface area (Å²) in [4.78, 5) is 11.5. The molecule has 0 N–H and O–H groups in total. The van der Waals surface area contributed by atoms with E-state index in [-0.39, 0.29) is 11.7 Å². The molecule has 0 saturated carbocycles. The van der Waals surface area contributed by atoms with Crippen LogP contribution in [0.4, 0.5) is 4.79 Å². The van der Waals surface area contributed by atoms with Gasteiger partial charge in [0.25, 0.3) is 5.59 Å². The van der Waals surface area contributed by atoms with E-state index in [0.29, 0.717) is 0 Å². The van der Waals surface area contributed by atoms with Crippen molar-refractivity contribution >= 4 is 14.0 Å². The minimum absolute atomic E-state index is 0.0467. The molecular weight excluding hydrogens is 196 g/mol. The molecule has 0 aliphatic heterocycles. The Balaban J connectivity index is 2.71. The molecule has 0 aliphatic carbocycles. The van der Waals surface area contributed by atoms with E-state index < -0.39 is 8.40 Å². The molecule has 1 rings (SSSR count). The van der Waals surface area contributed by atoms with E-state index in [9.17, 15) is 4.79 Å². The zero-order valence-electron chi connectivity index (χ0n) is 8.61. The van der Waals surface area contributed by atoms with Crippen molar-refractivity contribution in [2.24, 2.45) is 0 Å². The van der Waals surface area contributed by atoms with Gasteiger partial charge in [-0.15, -0.1) is 0 Å². The van der Waals surface area contributed by atoms with E-state index in [1.807, 2.05) is 37.3 Å². The highest BCUT2D eigenvalue weighted by Crippen LogP contribution is 2.07. The van der Waals surface area contributed by atoms with Gasteiger partial charge in [0.05, 0.1) is 13.2 Å². The molecule has 0 fully saturated rings. The lowest BCUT2D eigenvalue weighted by molar-refractivity contribution is 0.140. The fourth-order valence-corrected chi connectivity index (χ4v) is 2.45. The first-order valence-electron chi connectivity index (χ1n) is 4.48. The van der Waals surface area contributed by atoms with E-state index in [1.54, 1.807) is 7.11 Å². The molecule has 76 valence electrons. The van der Waals surface area contributed by atoms with E-state index in [2.05, 4.69) is 0 Å². The largest absolute Gasteiger partial charge is 0.497 e. The molecule has 0 aliphatic rings. The lowest BCUT2D eigenvalue weighted by Gasteiger charge is -2.07. The van der Waals surface area contributed by atoms with Gasteiger partial charge in [-0.3, -0.25) is 4.79 Å². The number of methoxy groups -OCH3 is 1. The second-order valence-electron chi connectivity index (χ2n) is 3.18. The van der Waals surface area contributed by atoms with Gasteiger partial charge in [-0.25, -0.2) is 0 Å². The number of hydrogen-bond donors (Lipinski definition) is 0. The van der Waals surface area contributed by atoms with Gasteiger partial charge in [0, 0.05) is 0 Å². The third-order valence-corrected chi connectivity index (χ3v) is 3.31. The number of carbonyl (C=O) groups is 1. The third kappa shape index (κ3) is 2.96. The van der Waals surface area contributed by atoms with Gasteiger partial charge in [0.2, 0.25) is 0 Å². The summed E-state index contributed by atoms with van der Waals surface area (Å²) in [5, 5.41) is 0. The molecule has 1 heterocycles. The lowest BCUT2D eigenvalue weighted by atomic mass is 10.5. The minimum Gasteiger partial charge on any atom is -0.497 e. The summed E-state index contributed by atoms with van der Waals surface area (Å²) in [6.45, 7) is 3.70. The minimum atomic E-state index is -1.29. The second-order valence-corrected chi connectivity index (χ2v) is 5.17. The van der Waals surface area contributed by atoms with E-state index in [4.69, 9.17) is 9.47 Å². The Bertz CT molecular complexity index is 306. The monoisotopic (exact) mass is 210 g/mol. The highest BCUT2D eigenvalue weighted by Gasteiger charge is 2.09. The quantitative estimate of drug-likeness (QED) is 0.717. The molecule has 1 aromatic heterocycles. The van der Waals surface area contributed by atoms with Crippen LogP contribution in [0.3, 0.4) is 0 Å². The summed E-state index contributed by atoms with van der Waals surface area (Å²) in [5.41, 5.74) is 3.62. The SMILES string of the molecule is COc1cc[si](C(=O)OC(C)C)cc1. The van der Waals surface area contributed by atoms with E-state index in [1.165, 1.54) is 0 Å². The number of rotatable bonds is 3. The van der Waals surface area contributed by atoms with Gasteiger partial charge in [-0.05, 0) is 26.0 Å². The average Bonchev–Trinajstić information content (AvgIpc) is 2.17. The van der Waals surface area contributed by atoms with Crippen molar-refractivity contribution in [3.63, 3.8) is 0 Å². The van der Waals surface area contributed by atoms with Crippen LogP contribution in [0.15, 0.2) is 23.5 Å². The van der Waals surface area contributed by atoms with Gasteiger partial charge in [-0.1, -0.05) is 11.4 Å². The Labute approximate surface area is 85.2 Å². The molecule has 3 nitrogen and oxygen atoms in total.